The van der Waals surface area contributed by atoms with E-state index >= 15 is 0 Å². The number of rotatable bonds is 3. The van der Waals surface area contributed by atoms with Crippen molar-refractivity contribution in [1.82, 2.24) is 14.8 Å². The molecule has 0 saturated heterocycles. The van der Waals surface area contributed by atoms with Crippen molar-refractivity contribution in [1.29, 1.82) is 0 Å². The van der Waals surface area contributed by atoms with Crippen molar-refractivity contribution in [3.63, 3.8) is 0 Å². The summed E-state index contributed by atoms with van der Waals surface area (Å²) in [6, 6.07) is 9.59. The third kappa shape index (κ3) is 2.52. The van der Waals surface area contributed by atoms with E-state index in [-0.39, 0.29) is 5.75 Å². The summed E-state index contributed by atoms with van der Waals surface area (Å²) in [5.41, 5.74) is 7.33. The van der Waals surface area contributed by atoms with Crippen LogP contribution in [0.15, 0.2) is 52.1 Å². The van der Waals surface area contributed by atoms with Gasteiger partial charge in [-0.3, -0.25) is 4.79 Å². The van der Waals surface area contributed by atoms with E-state index in [1.165, 1.54) is 0 Å². The summed E-state index contributed by atoms with van der Waals surface area (Å²) in [5, 5.41) is 17.1. The first-order valence-electron chi connectivity index (χ1n) is 8.04. The molecule has 0 saturated carbocycles. The normalized spacial score (nSPS) is 16.3. The van der Waals surface area contributed by atoms with Crippen LogP contribution in [-0.4, -0.2) is 25.8 Å². The van der Waals surface area contributed by atoms with Crippen molar-refractivity contribution >= 4 is 11.9 Å². The van der Waals surface area contributed by atoms with Gasteiger partial charge in [0.25, 0.3) is 0 Å². The Hall–Kier alpha value is -3.55. The predicted octanol–water partition coefficient (Wildman–Crippen LogP) is 2.33. The highest BCUT2D eigenvalue weighted by molar-refractivity contribution is 5.95. The van der Waals surface area contributed by atoms with Crippen molar-refractivity contribution in [2.75, 3.05) is 5.32 Å². The molecule has 4 rings (SSSR count). The lowest BCUT2D eigenvalue weighted by molar-refractivity contribution is -0.115. The number of furan rings is 1. The molecule has 1 aliphatic heterocycles. The van der Waals surface area contributed by atoms with E-state index in [0.717, 1.165) is 11.3 Å². The van der Waals surface area contributed by atoms with E-state index in [1.54, 1.807) is 41.9 Å². The zero-order chi connectivity index (χ0) is 18.4. The lowest BCUT2D eigenvalue weighted by Gasteiger charge is -2.25. The molecule has 26 heavy (non-hydrogen) atoms. The number of nitrogens with two attached hydrogens (primary N) is 1. The Labute approximate surface area is 149 Å². The molecule has 3 heterocycles. The van der Waals surface area contributed by atoms with E-state index < -0.39 is 11.9 Å². The van der Waals surface area contributed by atoms with E-state index in [9.17, 15) is 9.90 Å². The molecule has 0 radical (unpaired) electrons. The fraction of sp³-hybridized carbons (Fsp3) is 0.167. The van der Waals surface area contributed by atoms with Gasteiger partial charge in [-0.15, -0.1) is 5.10 Å². The van der Waals surface area contributed by atoms with Crippen molar-refractivity contribution in [3.05, 3.63) is 59.2 Å². The van der Waals surface area contributed by atoms with Crippen LogP contribution < -0.4 is 11.1 Å². The van der Waals surface area contributed by atoms with Crippen LogP contribution in [0.2, 0.25) is 0 Å². The number of amides is 1. The average molecular weight is 351 g/mol. The molecule has 4 N–H and O–H groups in total. The summed E-state index contributed by atoms with van der Waals surface area (Å²) in [5.74, 6) is 1.82. The highest BCUT2D eigenvalue weighted by Gasteiger charge is 2.35. The SMILES string of the molecule is CC1=C(C(N)=O)C(c2ccc(C)o2)n2nc(-c3ccc(O)cc3)nc2N1. The number of aryl methyl sites for hydroxylation is 1. The quantitative estimate of drug-likeness (QED) is 0.666. The van der Waals surface area contributed by atoms with Crippen molar-refractivity contribution < 1.29 is 14.3 Å². The average Bonchev–Trinajstić information content (AvgIpc) is 3.20. The van der Waals surface area contributed by atoms with Crippen LogP contribution in [-0.2, 0) is 4.79 Å². The van der Waals surface area contributed by atoms with Gasteiger partial charge in [0.15, 0.2) is 5.82 Å². The maximum Gasteiger partial charge on any atom is 0.249 e. The zero-order valence-electron chi connectivity index (χ0n) is 14.2. The molecule has 3 aromatic rings. The van der Waals surface area contributed by atoms with Gasteiger partial charge in [0.1, 0.15) is 23.3 Å². The van der Waals surface area contributed by atoms with Crippen molar-refractivity contribution in [2.24, 2.45) is 5.73 Å². The Morgan fingerprint density at radius 2 is 1.96 bits per heavy atom. The Balaban J connectivity index is 1.86. The minimum atomic E-state index is -0.601. The number of allylic oxidation sites excluding steroid dienone is 1. The molecule has 0 bridgehead atoms. The van der Waals surface area contributed by atoms with Crippen LogP contribution in [0, 0.1) is 6.92 Å². The van der Waals surface area contributed by atoms with Gasteiger partial charge >= 0.3 is 0 Å². The number of nitrogens with one attached hydrogen (secondary N) is 1. The van der Waals surface area contributed by atoms with Gasteiger partial charge < -0.3 is 20.6 Å². The Bertz CT molecular complexity index is 1030. The number of aromatic nitrogens is 3. The second-order valence-corrected chi connectivity index (χ2v) is 6.13. The van der Waals surface area contributed by atoms with Crippen LogP contribution in [0.4, 0.5) is 5.95 Å². The third-order valence-electron chi connectivity index (χ3n) is 4.27. The highest BCUT2D eigenvalue weighted by atomic mass is 16.3. The number of carbonyl (C=O) groups is 1. The molecule has 1 amide bonds. The fourth-order valence-corrected chi connectivity index (χ4v) is 3.07. The molecule has 1 atom stereocenters. The van der Waals surface area contributed by atoms with E-state index in [1.807, 2.05) is 13.0 Å². The predicted molar refractivity (Wildman–Crippen MR) is 94.2 cm³/mol. The maximum absolute atomic E-state index is 12.1. The summed E-state index contributed by atoms with van der Waals surface area (Å²) < 4.78 is 7.34. The number of hydrogen-bond acceptors (Lipinski definition) is 6. The van der Waals surface area contributed by atoms with Crippen molar-refractivity contribution in [2.45, 2.75) is 19.9 Å². The Morgan fingerprint density at radius 1 is 1.23 bits per heavy atom. The summed E-state index contributed by atoms with van der Waals surface area (Å²) in [6.45, 7) is 3.59. The summed E-state index contributed by atoms with van der Waals surface area (Å²) >= 11 is 0. The number of fused-ring (bicyclic) bond motifs is 1. The van der Waals surface area contributed by atoms with E-state index in [0.29, 0.717) is 28.8 Å². The van der Waals surface area contributed by atoms with Crippen LogP contribution in [0.1, 0.15) is 24.5 Å². The Morgan fingerprint density at radius 3 is 2.58 bits per heavy atom. The second-order valence-electron chi connectivity index (χ2n) is 6.13. The molecule has 0 spiro atoms. The standard InChI is InChI=1S/C18H17N5O3/c1-9-3-8-13(26-9)15-14(16(19)25)10(2)20-18-21-17(22-23(15)18)11-4-6-12(24)7-5-11/h3-8,15,24H,1-2H3,(H2,19,25)(H,20,21,22). The third-order valence-corrected chi connectivity index (χ3v) is 4.27. The fourth-order valence-electron chi connectivity index (χ4n) is 3.07. The number of nitrogens with zero attached hydrogens (tertiary/aromatic N) is 3. The second kappa shape index (κ2) is 5.76. The molecule has 8 heteroatoms. The molecule has 0 fully saturated rings. The number of primary amides is 1. The molecular formula is C18H17N5O3. The molecule has 1 aromatic carbocycles. The maximum atomic E-state index is 12.1. The largest absolute Gasteiger partial charge is 0.508 e. The number of hydrogen-bond donors (Lipinski definition) is 3. The minimum absolute atomic E-state index is 0.160. The van der Waals surface area contributed by atoms with Gasteiger partial charge in [-0.05, 0) is 50.2 Å². The molecular weight excluding hydrogens is 334 g/mol. The van der Waals surface area contributed by atoms with Gasteiger partial charge in [-0.1, -0.05) is 0 Å². The van der Waals surface area contributed by atoms with Crippen molar-refractivity contribution in [3.8, 4) is 17.1 Å². The van der Waals surface area contributed by atoms with Gasteiger partial charge in [0.2, 0.25) is 11.9 Å². The number of benzene rings is 1. The van der Waals surface area contributed by atoms with Gasteiger partial charge in [-0.25, -0.2) is 4.68 Å². The van der Waals surface area contributed by atoms with Gasteiger partial charge in [0, 0.05) is 11.3 Å². The lowest BCUT2D eigenvalue weighted by Crippen LogP contribution is -2.31. The van der Waals surface area contributed by atoms with Crippen LogP contribution in [0.25, 0.3) is 11.4 Å². The summed E-state index contributed by atoms with van der Waals surface area (Å²) in [7, 11) is 0. The minimum Gasteiger partial charge on any atom is -0.508 e. The van der Waals surface area contributed by atoms with Gasteiger partial charge in [-0.2, -0.15) is 4.98 Å². The van der Waals surface area contributed by atoms with E-state index in [4.69, 9.17) is 10.2 Å². The Kier molecular flexibility index (Phi) is 3.54. The first-order valence-corrected chi connectivity index (χ1v) is 8.04. The number of aromatic hydroxyl groups is 1. The number of anilines is 1. The number of phenols is 1. The molecule has 0 aliphatic carbocycles. The topological polar surface area (TPSA) is 119 Å². The monoisotopic (exact) mass is 351 g/mol. The zero-order valence-corrected chi connectivity index (χ0v) is 14.2. The summed E-state index contributed by atoms with van der Waals surface area (Å²) in [4.78, 5) is 16.6. The number of carbonyl (C=O) groups excluding carboxylic acids is 1. The molecule has 1 unspecified atom stereocenters. The first-order chi connectivity index (χ1) is 12.4. The highest BCUT2D eigenvalue weighted by Crippen LogP contribution is 2.36. The lowest BCUT2D eigenvalue weighted by atomic mass is 10.0. The summed E-state index contributed by atoms with van der Waals surface area (Å²) in [6.07, 6.45) is 0. The molecule has 1 aliphatic rings. The van der Waals surface area contributed by atoms with Gasteiger partial charge in [0.05, 0.1) is 5.57 Å². The molecule has 8 nitrogen and oxygen atoms in total. The first kappa shape index (κ1) is 15.9. The molecule has 2 aromatic heterocycles. The van der Waals surface area contributed by atoms with Crippen LogP contribution in [0.3, 0.4) is 0 Å². The smallest absolute Gasteiger partial charge is 0.249 e. The molecule has 132 valence electrons. The van der Waals surface area contributed by atoms with Crippen LogP contribution in [0.5, 0.6) is 5.75 Å². The van der Waals surface area contributed by atoms with E-state index in [2.05, 4.69) is 15.4 Å². The van der Waals surface area contributed by atoms with Crippen LogP contribution >= 0.6 is 0 Å². The number of phenolic OH excluding ortho intramolecular Hbond substituents is 1.